The largest absolute Gasteiger partial charge is 0.508 e. The molecule has 0 spiro atoms. The molecule has 4 aromatic carbocycles. The van der Waals surface area contributed by atoms with Crippen molar-refractivity contribution in [2.45, 2.75) is 12.0 Å². The molecule has 1 amide bonds. The van der Waals surface area contributed by atoms with Gasteiger partial charge in [0.05, 0.1) is 5.69 Å². The van der Waals surface area contributed by atoms with Crippen molar-refractivity contribution in [3.63, 3.8) is 0 Å². The Hall–Kier alpha value is -4.19. The van der Waals surface area contributed by atoms with Crippen LogP contribution in [-0.4, -0.2) is 11.0 Å². The first-order chi connectivity index (χ1) is 16.0. The van der Waals surface area contributed by atoms with E-state index in [1.54, 1.807) is 36.4 Å². The third-order valence-corrected chi connectivity index (χ3v) is 5.91. The van der Waals surface area contributed by atoms with Gasteiger partial charge in [0.25, 0.3) is 0 Å². The summed E-state index contributed by atoms with van der Waals surface area (Å²) in [5, 5.41) is 12.3. The molecule has 1 aliphatic heterocycles. The Morgan fingerprint density at radius 1 is 0.818 bits per heavy atom. The second-order valence-corrected chi connectivity index (χ2v) is 7.83. The Balaban J connectivity index is 1.59. The van der Waals surface area contributed by atoms with Gasteiger partial charge in [-0.25, -0.2) is 8.78 Å². The summed E-state index contributed by atoms with van der Waals surface area (Å²) in [6.07, 6.45) is 0. The molecule has 1 heterocycles. The van der Waals surface area contributed by atoms with Crippen LogP contribution in [0.5, 0.6) is 11.5 Å². The highest BCUT2D eigenvalue weighted by Gasteiger charge is 2.51. The maximum Gasteiger partial charge on any atom is 0.244 e. The first-order valence-corrected chi connectivity index (χ1v) is 10.4. The summed E-state index contributed by atoms with van der Waals surface area (Å²) in [7, 11) is 0. The smallest absolute Gasteiger partial charge is 0.244 e. The van der Waals surface area contributed by atoms with E-state index in [0.717, 1.165) is 11.6 Å². The molecule has 1 atom stereocenters. The number of carbonyl (C=O) groups is 1. The van der Waals surface area contributed by atoms with E-state index in [1.165, 1.54) is 18.2 Å². The van der Waals surface area contributed by atoms with E-state index >= 15 is 0 Å². The van der Waals surface area contributed by atoms with Crippen molar-refractivity contribution in [1.82, 2.24) is 0 Å². The number of nitrogens with one attached hydrogen (secondary N) is 1. The van der Waals surface area contributed by atoms with Gasteiger partial charge in [-0.15, -0.1) is 0 Å². The van der Waals surface area contributed by atoms with Gasteiger partial charge in [0.15, 0.2) is 11.6 Å². The molecule has 0 bridgehead atoms. The number of fused-ring (bicyclic) bond motifs is 1. The number of carbonyl (C=O) groups excluding carboxylic acids is 1. The Kier molecular flexibility index (Phi) is 5.05. The van der Waals surface area contributed by atoms with E-state index in [1.807, 2.05) is 30.3 Å². The first-order valence-electron chi connectivity index (χ1n) is 10.4. The van der Waals surface area contributed by atoms with E-state index in [9.17, 15) is 18.7 Å². The molecular weight excluding hydrogens is 424 g/mol. The third kappa shape index (κ3) is 3.40. The third-order valence-electron chi connectivity index (χ3n) is 5.91. The number of rotatable bonds is 5. The average molecular weight is 443 g/mol. The summed E-state index contributed by atoms with van der Waals surface area (Å²) in [4.78, 5) is 13.4. The number of hydrogen-bond acceptors (Lipinski definition) is 3. The fraction of sp³-hybridized carbons (Fsp3) is 0.0741. The fourth-order valence-corrected chi connectivity index (χ4v) is 4.31. The highest BCUT2D eigenvalue weighted by molar-refractivity contribution is 6.11. The standard InChI is InChI=1S/C27H19F2NO3/c28-23-15-14-22-25(24(23)29)30-26(32)27(22,18-6-10-20(31)11-7-18)19-8-12-21(13-9-19)33-16-17-4-2-1-3-5-17/h1-15,31H,16H2,(H,30,32). The minimum absolute atomic E-state index is 0.0301. The van der Waals surface area contributed by atoms with Gasteiger partial charge in [0, 0.05) is 5.56 Å². The van der Waals surface area contributed by atoms with Gasteiger partial charge in [-0.05, 0) is 47.0 Å². The van der Waals surface area contributed by atoms with Crippen molar-refractivity contribution >= 4 is 11.6 Å². The molecule has 4 aromatic rings. The number of halogens is 2. The van der Waals surface area contributed by atoms with Gasteiger partial charge >= 0.3 is 0 Å². The van der Waals surface area contributed by atoms with Crippen LogP contribution in [0.15, 0.2) is 91.0 Å². The predicted octanol–water partition coefficient (Wildman–Crippen LogP) is 5.54. The van der Waals surface area contributed by atoms with Crippen LogP contribution in [0, 0.1) is 11.6 Å². The minimum atomic E-state index is -1.42. The topological polar surface area (TPSA) is 58.6 Å². The zero-order chi connectivity index (χ0) is 23.0. The number of ether oxygens (including phenoxy) is 1. The van der Waals surface area contributed by atoms with Gasteiger partial charge in [-0.1, -0.05) is 60.7 Å². The Labute approximate surface area is 189 Å². The monoisotopic (exact) mass is 443 g/mol. The minimum Gasteiger partial charge on any atom is -0.508 e. The fourth-order valence-electron chi connectivity index (χ4n) is 4.31. The molecule has 1 unspecified atom stereocenters. The van der Waals surface area contributed by atoms with E-state index < -0.39 is 23.0 Å². The number of benzene rings is 4. The summed E-state index contributed by atoms with van der Waals surface area (Å²) >= 11 is 0. The summed E-state index contributed by atoms with van der Waals surface area (Å²) in [6, 6.07) is 25.2. The molecule has 0 saturated carbocycles. The lowest BCUT2D eigenvalue weighted by Gasteiger charge is -2.29. The lowest BCUT2D eigenvalue weighted by molar-refractivity contribution is -0.118. The van der Waals surface area contributed by atoms with Gasteiger partial charge in [-0.3, -0.25) is 4.79 Å². The number of amides is 1. The average Bonchev–Trinajstić information content (AvgIpc) is 3.15. The van der Waals surface area contributed by atoms with Crippen LogP contribution in [0.25, 0.3) is 0 Å². The molecule has 0 aliphatic carbocycles. The molecule has 0 saturated heterocycles. The molecule has 33 heavy (non-hydrogen) atoms. The number of aromatic hydroxyl groups is 1. The van der Waals surface area contributed by atoms with Crippen LogP contribution in [0.3, 0.4) is 0 Å². The molecule has 0 radical (unpaired) electrons. The molecule has 0 fully saturated rings. The van der Waals surface area contributed by atoms with Gasteiger partial charge in [-0.2, -0.15) is 0 Å². The second-order valence-electron chi connectivity index (χ2n) is 7.83. The van der Waals surface area contributed by atoms with E-state index in [-0.39, 0.29) is 11.4 Å². The second kappa shape index (κ2) is 8.06. The SMILES string of the molecule is O=C1Nc2c(ccc(F)c2F)C1(c1ccc(O)cc1)c1ccc(OCc2ccccc2)cc1. The molecule has 6 heteroatoms. The molecule has 1 aliphatic rings. The van der Waals surface area contributed by atoms with Gasteiger partial charge < -0.3 is 15.2 Å². The number of anilines is 1. The van der Waals surface area contributed by atoms with Crippen LogP contribution in [0.1, 0.15) is 22.3 Å². The Bertz CT molecular complexity index is 1320. The normalized spacial score (nSPS) is 16.8. The molecule has 4 nitrogen and oxygen atoms in total. The predicted molar refractivity (Wildman–Crippen MR) is 120 cm³/mol. The quantitative estimate of drug-likeness (QED) is 0.426. The van der Waals surface area contributed by atoms with Crippen molar-refractivity contribution in [3.05, 3.63) is 125 Å². The van der Waals surface area contributed by atoms with E-state index in [4.69, 9.17) is 4.74 Å². The number of phenols is 1. The molecule has 0 aromatic heterocycles. The Morgan fingerprint density at radius 3 is 2.12 bits per heavy atom. The molecule has 164 valence electrons. The summed E-state index contributed by atoms with van der Waals surface area (Å²) in [6.45, 7) is 0.386. The maximum atomic E-state index is 14.6. The highest BCUT2D eigenvalue weighted by atomic mass is 19.2. The summed E-state index contributed by atoms with van der Waals surface area (Å²) in [5.74, 6) is -2.02. The molecule has 2 N–H and O–H groups in total. The van der Waals surface area contributed by atoms with Crippen molar-refractivity contribution in [1.29, 1.82) is 0 Å². The lowest BCUT2D eigenvalue weighted by Crippen LogP contribution is -2.36. The van der Waals surface area contributed by atoms with Gasteiger partial charge in [0.1, 0.15) is 23.5 Å². The van der Waals surface area contributed by atoms with Crippen LogP contribution < -0.4 is 10.1 Å². The van der Waals surface area contributed by atoms with Crippen molar-refractivity contribution in [2.75, 3.05) is 5.32 Å². The van der Waals surface area contributed by atoms with Crippen molar-refractivity contribution < 1.29 is 23.4 Å². The summed E-state index contributed by atoms with van der Waals surface area (Å²) in [5.41, 5.74) is 0.787. The highest BCUT2D eigenvalue weighted by Crippen LogP contribution is 2.49. The lowest BCUT2D eigenvalue weighted by atomic mass is 9.70. The zero-order valence-corrected chi connectivity index (χ0v) is 17.4. The number of phenolic OH excluding ortho intramolecular Hbond substituents is 1. The number of hydrogen-bond donors (Lipinski definition) is 2. The zero-order valence-electron chi connectivity index (χ0n) is 17.4. The van der Waals surface area contributed by atoms with E-state index in [0.29, 0.717) is 29.0 Å². The van der Waals surface area contributed by atoms with Crippen molar-refractivity contribution in [3.8, 4) is 11.5 Å². The van der Waals surface area contributed by atoms with E-state index in [2.05, 4.69) is 5.32 Å². The Morgan fingerprint density at radius 2 is 1.45 bits per heavy atom. The van der Waals surface area contributed by atoms with Gasteiger partial charge in [0.2, 0.25) is 5.91 Å². The van der Waals surface area contributed by atoms with Crippen LogP contribution >= 0.6 is 0 Å². The molecular formula is C27H19F2NO3. The van der Waals surface area contributed by atoms with Crippen LogP contribution in [0.2, 0.25) is 0 Å². The summed E-state index contributed by atoms with van der Waals surface area (Å²) < 4.78 is 34.4. The van der Waals surface area contributed by atoms with Crippen molar-refractivity contribution in [2.24, 2.45) is 0 Å². The van der Waals surface area contributed by atoms with Crippen LogP contribution in [-0.2, 0) is 16.8 Å². The first kappa shape index (κ1) is 20.7. The van der Waals surface area contributed by atoms with Crippen LogP contribution in [0.4, 0.5) is 14.5 Å². The molecule has 5 rings (SSSR count). The maximum absolute atomic E-state index is 14.6.